The molecule has 0 saturated carbocycles. The molecule has 7 aromatic rings. The fourth-order valence-electron chi connectivity index (χ4n) is 6.63. The van der Waals surface area contributed by atoms with Crippen LogP contribution in [0.2, 0.25) is 0 Å². The van der Waals surface area contributed by atoms with Crippen LogP contribution in [-0.4, -0.2) is 62.3 Å². The average Bonchev–Trinajstić information content (AvgIpc) is 3.83. The summed E-state index contributed by atoms with van der Waals surface area (Å²) in [7, 11) is 0. The maximum Gasteiger partial charge on any atom is 0.487 e. The molecule has 13 nitrogen and oxygen atoms in total. The van der Waals surface area contributed by atoms with Crippen molar-refractivity contribution in [1.29, 1.82) is 0 Å². The van der Waals surface area contributed by atoms with Gasteiger partial charge in [-0.2, -0.15) is 5.10 Å². The molecule has 52 heavy (non-hydrogen) atoms. The zero-order valence-corrected chi connectivity index (χ0v) is 27.9. The third-order valence-electron chi connectivity index (χ3n) is 8.89. The predicted molar refractivity (Wildman–Crippen MR) is 185 cm³/mol. The summed E-state index contributed by atoms with van der Waals surface area (Å²) in [5.41, 5.74) is 4.78. The number of halogens is 3. The molecule has 9 rings (SSSR count). The topological polar surface area (TPSA) is 148 Å². The summed E-state index contributed by atoms with van der Waals surface area (Å²) in [5, 5.41) is 7.72. The van der Waals surface area contributed by atoms with Gasteiger partial charge in [0.2, 0.25) is 0 Å². The summed E-state index contributed by atoms with van der Waals surface area (Å²) in [5.74, 6) is 0.582. The number of amides is 1. The number of alkyl halides is 3. The molecule has 6 heterocycles. The molecule has 0 saturated heterocycles. The highest BCUT2D eigenvalue weighted by atomic mass is 35.5. The van der Waals surface area contributed by atoms with Gasteiger partial charge in [-0.05, 0) is 55.5 Å². The van der Waals surface area contributed by atoms with E-state index in [1.165, 1.54) is 30.6 Å². The Hall–Kier alpha value is -6.19. The molecule has 2 aromatic carbocycles. The van der Waals surface area contributed by atoms with Crippen LogP contribution in [0.15, 0.2) is 85.8 Å². The Morgan fingerprint density at radius 1 is 1.02 bits per heavy atom. The van der Waals surface area contributed by atoms with Crippen molar-refractivity contribution < 1.29 is 23.0 Å². The van der Waals surface area contributed by atoms with Gasteiger partial charge in [-0.1, -0.05) is 0 Å². The van der Waals surface area contributed by atoms with Crippen LogP contribution < -0.4 is 10.1 Å². The molecule has 1 amide bonds. The van der Waals surface area contributed by atoms with Crippen LogP contribution in [0.25, 0.3) is 50.6 Å². The van der Waals surface area contributed by atoms with Crippen molar-refractivity contribution >= 4 is 34.2 Å². The Morgan fingerprint density at radius 3 is 2.65 bits per heavy atom. The van der Waals surface area contributed by atoms with E-state index in [-0.39, 0.29) is 11.8 Å². The Kier molecular flexibility index (Phi) is 7.48. The molecule has 0 bridgehead atoms. The highest BCUT2D eigenvalue weighted by Gasteiger charge is 2.29. The minimum Gasteiger partial charge on any atom is -0.420 e. The number of aromatic nitrogens is 9. The first kappa shape index (κ1) is 31.8. The van der Waals surface area contributed by atoms with Gasteiger partial charge in [0.15, 0.2) is 0 Å². The van der Waals surface area contributed by atoms with Crippen molar-refractivity contribution in [2.75, 3.05) is 11.9 Å². The molecule has 0 unspecified atom stereocenters. The normalized spacial score (nSPS) is 14.9. The third kappa shape index (κ3) is 5.78. The number of anilines is 1. The van der Waals surface area contributed by atoms with Gasteiger partial charge in [0.1, 0.15) is 24.5 Å². The largest absolute Gasteiger partial charge is 0.487 e. The Morgan fingerprint density at radius 2 is 1.85 bits per heavy atom. The Balaban J connectivity index is 1.09. The number of hydrogen-bond donors (Lipinski definition) is 1. The lowest BCUT2D eigenvalue weighted by Crippen LogP contribution is -2.21. The lowest BCUT2D eigenvalue weighted by Gasteiger charge is -2.23. The van der Waals surface area contributed by atoms with E-state index >= 15 is 0 Å². The first-order chi connectivity index (χ1) is 25.2. The molecule has 1 atom stereocenters. The van der Waals surface area contributed by atoms with Crippen LogP contribution in [0.4, 0.5) is 14.5 Å². The van der Waals surface area contributed by atoms with Crippen LogP contribution in [0.1, 0.15) is 40.4 Å². The van der Waals surface area contributed by atoms with E-state index in [2.05, 4.69) is 36.5 Å². The highest BCUT2D eigenvalue weighted by Crippen LogP contribution is 2.40. The van der Waals surface area contributed by atoms with E-state index in [0.29, 0.717) is 48.0 Å². The molecule has 16 heteroatoms. The van der Waals surface area contributed by atoms with Gasteiger partial charge >= 0.3 is 5.57 Å². The molecule has 1 N–H and O–H groups in total. The van der Waals surface area contributed by atoms with E-state index in [1.807, 2.05) is 18.3 Å². The number of imidazole rings is 1. The fraction of sp³-hybridized carbons (Fsp3) is 0.167. The second-order valence-corrected chi connectivity index (χ2v) is 12.8. The number of nitrogens with one attached hydrogen (secondary N) is 1. The fourth-order valence-corrected chi connectivity index (χ4v) is 6.72. The first-order valence-corrected chi connectivity index (χ1v) is 16.5. The number of rotatable bonds is 7. The van der Waals surface area contributed by atoms with Gasteiger partial charge in [0.05, 0.1) is 40.8 Å². The number of hydrogen-bond acceptors (Lipinski definition) is 10. The Bertz CT molecular complexity index is 2520. The van der Waals surface area contributed by atoms with Crippen molar-refractivity contribution in [1.82, 2.24) is 44.3 Å². The summed E-state index contributed by atoms with van der Waals surface area (Å²) in [6, 6.07) is 12.8. The van der Waals surface area contributed by atoms with E-state index in [9.17, 15) is 13.6 Å². The number of nitrogens with zero attached hydrogens (tertiary/aromatic N) is 9. The van der Waals surface area contributed by atoms with Gasteiger partial charge in [0, 0.05) is 88.1 Å². The zero-order chi connectivity index (χ0) is 35.6. The van der Waals surface area contributed by atoms with E-state index in [4.69, 9.17) is 36.4 Å². The molecular weight excluding hydrogens is 694 g/mol. The smallest absolute Gasteiger partial charge is 0.420 e. The molecule has 1 aliphatic carbocycles. The number of carbonyl (C=O) groups excluding carboxylic acids is 1. The summed E-state index contributed by atoms with van der Waals surface area (Å²) in [4.78, 5) is 40.7. The third-order valence-corrected chi connectivity index (χ3v) is 8.96. The maximum atomic E-state index is 13.7. The monoisotopic (exact) mass is 718 g/mol. The van der Waals surface area contributed by atoms with Gasteiger partial charge in [-0.25, -0.2) is 29.6 Å². The van der Waals surface area contributed by atoms with Crippen molar-refractivity contribution in [3.05, 3.63) is 108 Å². The molecule has 5 aromatic heterocycles. The lowest BCUT2D eigenvalue weighted by molar-refractivity contribution is -0.0964. The maximum absolute atomic E-state index is 13.7. The Labute approximate surface area is 298 Å². The number of ether oxygens (including phenoxy) is 2. The van der Waals surface area contributed by atoms with E-state index in [0.717, 1.165) is 50.5 Å². The summed E-state index contributed by atoms with van der Waals surface area (Å²) < 4.78 is 40.1. The summed E-state index contributed by atoms with van der Waals surface area (Å²) in [6.07, 6.45) is 10.8. The van der Waals surface area contributed by atoms with Crippen molar-refractivity contribution in [2.24, 2.45) is 0 Å². The van der Waals surface area contributed by atoms with Crippen molar-refractivity contribution in [3.63, 3.8) is 0 Å². The lowest BCUT2D eigenvalue weighted by atomic mass is 9.99. The molecule has 0 fully saturated rings. The van der Waals surface area contributed by atoms with E-state index in [1.54, 1.807) is 41.6 Å². The SMILES string of the molecule is C[C@@H]1COCc2nc3cc(C(=O)Nc4ccc(OC(F)(F)Cl)cc4)cc(-c4cnc5c(c4)-c4nn(-c6nccc(-c7cncnc7)n6)cc4C5)c3n21. The van der Waals surface area contributed by atoms with Gasteiger partial charge < -0.3 is 19.4 Å². The number of pyridine rings is 1. The second-order valence-electron chi connectivity index (χ2n) is 12.4. The molecule has 2 aliphatic rings. The molecule has 1 aliphatic heterocycles. The molecule has 258 valence electrons. The second kappa shape index (κ2) is 12.2. The van der Waals surface area contributed by atoms with Gasteiger partial charge in [-0.3, -0.25) is 9.78 Å². The van der Waals surface area contributed by atoms with Gasteiger partial charge in [0.25, 0.3) is 11.9 Å². The minimum atomic E-state index is -3.85. The highest BCUT2D eigenvalue weighted by molar-refractivity contribution is 6.20. The molecule has 0 radical (unpaired) electrons. The van der Waals surface area contributed by atoms with Crippen molar-refractivity contribution in [3.8, 4) is 45.3 Å². The summed E-state index contributed by atoms with van der Waals surface area (Å²) >= 11 is 4.88. The van der Waals surface area contributed by atoms with Crippen LogP contribution in [-0.2, 0) is 17.8 Å². The minimum absolute atomic E-state index is 0.00354. The van der Waals surface area contributed by atoms with Gasteiger partial charge in [-0.15, -0.1) is 8.78 Å². The number of fused-ring (bicyclic) bond motifs is 6. The van der Waals surface area contributed by atoms with E-state index < -0.39 is 11.5 Å². The quantitative estimate of drug-likeness (QED) is 0.179. The first-order valence-electron chi connectivity index (χ1n) is 16.1. The predicted octanol–water partition coefficient (Wildman–Crippen LogP) is 6.61. The standard InChI is InChI=1S/C36H25ClF2N10O3/c1-19-16-51-17-31-45-30-10-20(34(50)44-24-2-4-25(5-3-24)52-36(37,38)39)8-26(33(30)49(19)31)21-9-27-29(43-14-21)11-22-15-48(47-32(22)27)35-42-7-6-28(46-35)23-12-40-18-41-13-23/h2-10,12-15,18-19H,11,16-17H2,1H3,(H,44,50)/t19-/m1/s1. The van der Waals surface area contributed by atoms with Crippen LogP contribution >= 0.6 is 11.6 Å². The molecular formula is C36H25ClF2N10O3. The summed E-state index contributed by atoms with van der Waals surface area (Å²) in [6.45, 7) is 2.91. The zero-order valence-electron chi connectivity index (χ0n) is 27.2. The van der Waals surface area contributed by atoms with Crippen LogP contribution in [0.5, 0.6) is 5.75 Å². The van der Waals surface area contributed by atoms with Crippen LogP contribution in [0.3, 0.4) is 0 Å². The number of benzene rings is 2. The number of carbonyl (C=O) groups is 1. The average molecular weight is 719 g/mol. The van der Waals surface area contributed by atoms with Crippen molar-refractivity contribution in [2.45, 2.75) is 31.6 Å². The van der Waals surface area contributed by atoms with Crippen LogP contribution in [0, 0.1) is 0 Å². The molecule has 0 spiro atoms.